The number of nitro benzene ring substituents is 1. The molecule has 1 aromatic carbocycles. The van der Waals surface area contributed by atoms with Gasteiger partial charge in [0.25, 0.3) is 5.69 Å². The highest BCUT2D eigenvalue weighted by atomic mass is 79.9. The van der Waals surface area contributed by atoms with Crippen LogP contribution in [0.4, 0.5) is 5.69 Å². The number of carbonyl (C=O) groups excluding carboxylic acids is 1. The van der Waals surface area contributed by atoms with Gasteiger partial charge in [0, 0.05) is 12.1 Å². The van der Waals surface area contributed by atoms with Gasteiger partial charge in [0.2, 0.25) is 0 Å². The van der Waals surface area contributed by atoms with E-state index in [1.165, 1.54) is 12.1 Å². The number of non-ortho nitro benzene ring substituents is 1. The molecule has 0 saturated carbocycles. The molecule has 0 aliphatic rings. The fraction of sp³-hybridized carbons (Fsp3) is 0.364. The molecule has 0 radical (unpaired) electrons. The van der Waals surface area contributed by atoms with Gasteiger partial charge in [-0.15, -0.1) is 0 Å². The van der Waals surface area contributed by atoms with E-state index >= 15 is 0 Å². The standard InChI is InChI=1S/C11H12BrNO4/c1-11(2,12)10(14)17-7-8-3-5-9(6-4-8)13(15)16/h3-6H,7H2,1-2H3. The Morgan fingerprint density at radius 2 is 1.94 bits per heavy atom. The van der Waals surface area contributed by atoms with Crippen molar-refractivity contribution >= 4 is 27.6 Å². The molecular weight excluding hydrogens is 290 g/mol. The topological polar surface area (TPSA) is 69.4 Å². The average Bonchev–Trinajstić information content (AvgIpc) is 2.25. The smallest absolute Gasteiger partial charge is 0.322 e. The molecule has 17 heavy (non-hydrogen) atoms. The van der Waals surface area contributed by atoms with Gasteiger partial charge in [-0.2, -0.15) is 0 Å². The Morgan fingerprint density at radius 3 is 2.35 bits per heavy atom. The Balaban J connectivity index is 2.59. The number of esters is 1. The summed E-state index contributed by atoms with van der Waals surface area (Å²) in [7, 11) is 0. The van der Waals surface area contributed by atoms with Gasteiger partial charge >= 0.3 is 5.97 Å². The maximum absolute atomic E-state index is 11.4. The summed E-state index contributed by atoms with van der Waals surface area (Å²) in [6, 6.07) is 5.88. The van der Waals surface area contributed by atoms with Crippen molar-refractivity contribution in [1.82, 2.24) is 0 Å². The van der Waals surface area contributed by atoms with Crippen LogP contribution in [0.1, 0.15) is 19.4 Å². The van der Waals surface area contributed by atoms with E-state index in [0.29, 0.717) is 5.56 Å². The molecule has 92 valence electrons. The number of alkyl halides is 1. The van der Waals surface area contributed by atoms with E-state index in [1.54, 1.807) is 26.0 Å². The van der Waals surface area contributed by atoms with Crippen LogP contribution in [0, 0.1) is 10.1 Å². The highest BCUT2D eigenvalue weighted by molar-refractivity contribution is 9.10. The van der Waals surface area contributed by atoms with E-state index in [1.807, 2.05) is 0 Å². The Labute approximate surface area is 107 Å². The number of nitrogens with zero attached hydrogens (tertiary/aromatic N) is 1. The number of carbonyl (C=O) groups is 1. The monoisotopic (exact) mass is 301 g/mol. The van der Waals surface area contributed by atoms with Gasteiger partial charge in [-0.1, -0.05) is 15.9 Å². The molecule has 0 heterocycles. The summed E-state index contributed by atoms with van der Waals surface area (Å²) in [5, 5.41) is 10.4. The van der Waals surface area contributed by atoms with Crippen LogP contribution in [0.5, 0.6) is 0 Å². The van der Waals surface area contributed by atoms with Crippen molar-refractivity contribution in [3.63, 3.8) is 0 Å². The fourth-order valence-electron chi connectivity index (χ4n) is 1.03. The SMILES string of the molecule is CC(C)(Br)C(=O)OCc1ccc([N+](=O)[O-])cc1. The molecule has 0 spiro atoms. The molecule has 0 fully saturated rings. The molecule has 0 bridgehead atoms. The first kappa shape index (κ1) is 13.6. The lowest BCUT2D eigenvalue weighted by Gasteiger charge is -2.14. The normalized spacial score (nSPS) is 11.0. The Bertz CT molecular complexity index is 422. The Hall–Kier alpha value is -1.43. The minimum absolute atomic E-state index is 0.0147. The molecule has 0 aliphatic carbocycles. The van der Waals surface area contributed by atoms with Gasteiger partial charge in [-0.3, -0.25) is 14.9 Å². The Morgan fingerprint density at radius 1 is 1.41 bits per heavy atom. The predicted octanol–water partition coefficient (Wildman–Crippen LogP) is 2.81. The van der Waals surface area contributed by atoms with E-state index in [0.717, 1.165) is 0 Å². The third kappa shape index (κ3) is 4.14. The summed E-state index contributed by atoms with van der Waals surface area (Å²) in [6.45, 7) is 3.47. The number of hydrogen-bond donors (Lipinski definition) is 0. The largest absolute Gasteiger partial charge is 0.460 e. The molecule has 0 atom stereocenters. The van der Waals surface area contributed by atoms with Crippen LogP contribution >= 0.6 is 15.9 Å². The molecule has 5 nitrogen and oxygen atoms in total. The molecule has 0 aromatic heterocycles. The maximum Gasteiger partial charge on any atom is 0.322 e. The zero-order chi connectivity index (χ0) is 13.1. The first-order valence-corrected chi connectivity index (χ1v) is 5.69. The van der Waals surface area contributed by atoms with Crippen LogP contribution < -0.4 is 0 Å². The maximum atomic E-state index is 11.4. The van der Waals surface area contributed by atoms with E-state index in [9.17, 15) is 14.9 Å². The van der Waals surface area contributed by atoms with Gasteiger partial charge in [-0.25, -0.2) is 0 Å². The first-order chi connectivity index (χ1) is 7.80. The molecular formula is C11H12BrNO4. The molecule has 0 saturated heterocycles. The lowest BCUT2D eigenvalue weighted by atomic mass is 10.2. The second-order valence-corrected chi connectivity index (χ2v) is 5.95. The van der Waals surface area contributed by atoms with Crippen LogP contribution in [0.2, 0.25) is 0 Å². The third-order valence-corrected chi connectivity index (χ3v) is 2.33. The Kier molecular flexibility index (Phi) is 4.22. The summed E-state index contributed by atoms with van der Waals surface area (Å²) in [4.78, 5) is 21.4. The third-order valence-electron chi connectivity index (χ3n) is 2.00. The second-order valence-electron chi connectivity index (χ2n) is 3.97. The summed E-state index contributed by atoms with van der Waals surface area (Å²) in [6.07, 6.45) is 0. The van der Waals surface area contributed by atoms with Crippen LogP contribution in [-0.4, -0.2) is 15.2 Å². The van der Waals surface area contributed by atoms with Crippen molar-refractivity contribution in [2.24, 2.45) is 0 Å². The van der Waals surface area contributed by atoms with Gasteiger partial charge in [0.15, 0.2) is 0 Å². The molecule has 1 aromatic rings. The van der Waals surface area contributed by atoms with Crippen molar-refractivity contribution in [3.8, 4) is 0 Å². The lowest BCUT2D eigenvalue weighted by Crippen LogP contribution is -2.26. The van der Waals surface area contributed by atoms with Gasteiger partial charge in [-0.05, 0) is 31.5 Å². The number of halogens is 1. The van der Waals surface area contributed by atoms with Crippen LogP contribution in [0.15, 0.2) is 24.3 Å². The summed E-state index contributed by atoms with van der Waals surface area (Å²) in [5.74, 6) is -0.379. The van der Waals surface area contributed by atoms with Gasteiger partial charge in [0.05, 0.1) is 4.92 Å². The molecule has 0 aliphatic heterocycles. The predicted molar refractivity (Wildman–Crippen MR) is 65.9 cm³/mol. The molecule has 0 amide bonds. The van der Waals surface area contributed by atoms with Crippen molar-refractivity contribution in [2.75, 3.05) is 0 Å². The number of rotatable bonds is 4. The van der Waals surface area contributed by atoms with Crippen molar-refractivity contribution < 1.29 is 14.5 Å². The molecule has 1 rings (SSSR count). The van der Waals surface area contributed by atoms with Crippen LogP contribution in [-0.2, 0) is 16.1 Å². The number of benzene rings is 1. The number of ether oxygens (including phenoxy) is 1. The van der Waals surface area contributed by atoms with E-state index < -0.39 is 9.25 Å². The van der Waals surface area contributed by atoms with E-state index in [2.05, 4.69) is 15.9 Å². The van der Waals surface area contributed by atoms with Crippen LogP contribution in [0.3, 0.4) is 0 Å². The molecule has 0 N–H and O–H groups in total. The zero-order valence-corrected chi connectivity index (χ0v) is 11.1. The van der Waals surface area contributed by atoms with Gasteiger partial charge < -0.3 is 4.74 Å². The zero-order valence-electron chi connectivity index (χ0n) is 9.47. The highest BCUT2D eigenvalue weighted by Crippen LogP contribution is 2.19. The van der Waals surface area contributed by atoms with Crippen molar-refractivity contribution in [3.05, 3.63) is 39.9 Å². The van der Waals surface area contributed by atoms with Gasteiger partial charge in [0.1, 0.15) is 10.9 Å². The summed E-state index contributed by atoms with van der Waals surface area (Å²) >= 11 is 3.18. The molecule has 0 unspecified atom stereocenters. The summed E-state index contributed by atoms with van der Waals surface area (Å²) in [5.41, 5.74) is 0.724. The first-order valence-electron chi connectivity index (χ1n) is 4.90. The minimum atomic E-state index is -0.728. The number of nitro groups is 1. The van der Waals surface area contributed by atoms with E-state index in [4.69, 9.17) is 4.74 Å². The van der Waals surface area contributed by atoms with Crippen LogP contribution in [0.25, 0.3) is 0 Å². The second kappa shape index (κ2) is 5.27. The molecule has 6 heteroatoms. The number of hydrogen-bond acceptors (Lipinski definition) is 4. The highest BCUT2D eigenvalue weighted by Gasteiger charge is 2.25. The van der Waals surface area contributed by atoms with E-state index in [-0.39, 0.29) is 18.3 Å². The lowest BCUT2D eigenvalue weighted by molar-refractivity contribution is -0.384. The fourth-order valence-corrected chi connectivity index (χ4v) is 1.15. The van der Waals surface area contributed by atoms with Crippen molar-refractivity contribution in [1.29, 1.82) is 0 Å². The minimum Gasteiger partial charge on any atom is -0.460 e. The average molecular weight is 302 g/mol. The summed E-state index contributed by atoms with van der Waals surface area (Å²) < 4.78 is 4.31. The quantitative estimate of drug-likeness (QED) is 0.371. The van der Waals surface area contributed by atoms with Crippen molar-refractivity contribution in [2.45, 2.75) is 24.8 Å².